The maximum Gasteiger partial charge on any atom is 0.387 e. The van der Waals surface area contributed by atoms with Crippen LogP contribution in [0.15, 0.2) is 49.1 Å². The summed E-state index contributed by atoms with van der Waals surface area (Å²) in [5.41, 5.74) is 1.19. The number of hydrogen-bond donors (Lipinski definition) is 3. The summed E-state index contributed by atoms with van der Waals surface area (Å²) in [6.45, 7) is -3.14. The van der Waals surface area contributed by atoms with Crippen LogP contribution in [-0.4, -0.2) is 69.6 Å². The van der Waals surface area contributed by atoms with Crippen molar-refractivity contribution in [1.29, 1.82) is 0 Å². The predicted molar refractivity (Wildman–Crippen MR) is 126 cm³/mol. The van der Waals surface area contributed by atoms with E-state index < -0.39 is 53.3 Å². The van der Waals surface area contributed by atoms with Crippen LogP contribution in [0.2, 0.25) is 0 Å². The summed E-state index contributed by atoms with van der Waals surface area (Å²) < 4.78 is 57.6. The average Bonchev–Trinajstić information content (AvgIpc) is 3.42. The van der Waals surface area contributed by atoms with Crippen LogP contribution in [0, 0.1) is 11.8 Å². The standard InChI is InChI=1S/C23H25F2N5O7S/c24-23(25)37-16-3-1-2-13(6-16)10-30-5-4-18(29-30)22(33)17-9-27-12-28-19(17)8-14-7-15(21(32)20(14)31)11-36-38(26,34)35/h1-6,9,12,14-15,20-21,23,31-32H,7-8,10-11H2,(H2,26,34,35)/t14-,15+,20-,21+/m0/s1. The molecule has 0 unspecified atom stereocenters. The van der Waals surface area contributed by atoms with Crippen molar-refractivity contribution < 1.29 is 41.1 Å². The number of carbonyl (C=O) groups is 1. The Kier molecular flexibility index (Phi) is 8.42. The molecule has 1 aliphatic carbocycles. The molecular formula is C23H25F2N5O7S. The van der Waals surface area contributed by atoms with Gasteiger partial charge in [0.2, 0.25) is 5.78 Å². The molecule has 0 amide bonds. The molecule has 12 nitrogen and oxygen atoms in total. The first-order valence-electron chi connectivity index (χ1n) is 11.4. The summed E-state index contributed by atoms with van der Waals surface area (Å²) in [5.74, 6) is -1.70. The molecule has 0 saturated heterocycles. The second-order valence-electron chi connectivity index (χ2n) is 8.86. The molecular weight excluding hydrogens is 528 g/mol. The molecule has 2 aromatic heterocycles. The maximum atomic E-state index is 13.2. The Balaban J connectivity index is 1.46. The van der Waals surface area contributed by atoms with E-state index in [0.717, 1.165) is 0 Å². The number of rotatable bonds is 11. The molecule has 1 aromatic carbocycles. The number of carbonyl (C=O) groups excluding carboxylic acids is 1. The monoisotopic (exact) mass is 553 g/mol. The summed E-state index contributed by atoms with van der Waals surface area (Å²) in [4.78, 5) is 21.3. The van der Waals surface area contributed by atoms with Crippen molar-refractivity contribution >= 4 is 16.1 Å². The number of aliphatic hydroxyl groups excluding tert-OH is 2. The van der Waals surface area contributed by atoms with Crippen molar-refractivity contribution in [1.82, 2.24) is 19.7 Å². The third-order valence-electron chi connectivity index (χ3n) is 6.20. The number of hydrogen-bond acceptors (Lipinski definition) is 10. The average molecular weight is 554 g/mol. The first kappa shape index (κ1) is 27.7. The first-order chi connectivity index (χ1) is 18.0. The number of nitrogens with zero attached hydrogens (tertiary/aromatic N) is 4. The number of ether oxygens (including phenoxy) is 1. The number of halogens is 2. The number of benzene rings is 1. The van der Waals surface area contributed by atoms with Crippen molar-refractivity contribution in [3.05, 3.63) is 71.6 Å². The zero-order valence-corrected chi connectivity index (χ0v) is 20.6. The molecule has 0 radical (unpaired) electrons. The molecule has 1 aliphatic rings. The van der Waals surface area contributed by atoms with E-state index in [-0.39, 0.29) is 36.4 Å². The quantitative estimate of drug-likeness (QED) is 0.286. The number of alkyl halides is 2. The molecule has 0 spiro atoms. The molecule has 0 aliphatic heterocycles. The van der Waals surface area contributed by atoms with Gasteiger partial charge in [-0.05, 0) is 42.5 Å². The van der Waals surface area contributed by atoms with Crippen molar-refractivity contribution in [2.75, 3.05) is 6.61 Å². The van der Waals surface area contributed by atoms with Crippen molar-refractivity contribution in [3.63, 3.8) is 0 Å². The van der Waals surface area contributed by atoms with Gasteiger partial charge in [0.05, 0.1) is 36.6 Å². The lowest BCUT2D eigenvalue weighted by Crippen LogP contribution is -2.31. The van der Waals surface area contributed by atoms with Gasteiger partial charge in [-0.25, -0.2) is 15.1 Å². The molecule has 0 bridgehead atoms. The topological polar surface area (TPSA) is 180 Å². The van der Waals surface area contributed by atoms with Crippen LogP contribution in [0.3, 0.4) is 0 Å². The van der Waals surface area contributed by atoms with Gasteiger partial charge >= 0.3 is 16.9 Å². The van der Waals surface area contributed by atoms with E-state index in [4.69, 9.17) is 5.14 Å². The highest BCUT2D eigenvalue weighted by Gasteiger charge is 2.42. The molecule has 38 heavy (non-hydrogen) atoms. The van der Waals surface area contributed by atoms with Gasteiger partial charge in [-0.2, -0.15) is 22.3 Å². The van der Waals surface area contributed by atoms with E-state index in [1.807, 2.05) is 0 Å². The van der Waals surface area contributed by atoms with Crippen molar-refractivity contribution in [2.45, 2.75) is 38.2 Å². The van der Waals surface area contributed by atoms with E-state index in [1.54, 1.807) is 18.3 Å². The fourth-order valence-corrected chi connectivity index (χ4v) is 4.81. The van der Waals surface area contributed by atoms with Crippen LogP contribution in [0.25, 0.3) is 0 Å². The van der Waals surface area contributed by atoms with Gasteiger partial charge in [0.25, 0.3) is 0 Å². The maximum absolute atomic E-state index is 13.2. The molecule has 3 aromatic rings. The van der Waals surface area contributed by atoms with Gasteiger partial charge in [-0.15, -0.1) is 0 Å². The summed E-state index contributed by atoms with van der Waals surface area (Å²) in [6, 6.07) is 7.61. The Bertz CT molecular complexity index is 1390. The highest BCUT2D eigenvalue weighted by atomic mass is 32.2. The largest absolute Gasteiger partial charge is 0.435 e. The van der Waals surface area contributed by atoms with E-state index in [2.05, 4.69) is 24.0 Å². The fourth-order valence-electron chi connectivity index (χ4n) is 4.45. The van der Waals surface area contributed by atoms with E-state index >= 15 is 0 Å². The minimum Gasteiger partial charge on any atom is -0.435 e. The first-order valence-corrected chi connectivity index (χ1v) is 12.9. The molecule has 4 N–H and O–H groups in total. The summed E-state index contributed by atoms with van der Waals surface area (Å²) in [7, 11) is -4.21. The van der Waals surface area contributed by atoms with Gasteiger partial charge in [0.15, 0.2) is 0 Å². The smallest absolute Gasteiger partial charge is 0.387 e. The lowest BCUT2D eigenvalue weighted by molar-refractivity contribution is -0.0498. The highest BCUT2D eigenvalue weighted by Crippen LogP contribution is 2.35. The van der Waals surface area contributed by atoms with Crippen LogP contribution in [0.5, 0.6) is 5.75 Å². The number of ketones is 1. The minimum absolute atomic E-state index is 0.00436. The minimum atomic E-state index is -4.21. The zero-order valence-electron chi connectivity index (χ0n) is 19.8. The van der Waals surface area contributed by atoms with Gasteiger partial charge in [0, 0.05) is 18.3 Å². The molecule has 15 heteroatoms. The van der Waals surface area contributed by atoms with Gasteiger partial charge in [-0.1, -0.05) is 12.1 Å². The van der Waals surface area contributed by atoms with Crippen LogP contribution >= 0.6 is 0 Å². The molecule has 1 fully saturated rings. The van der Waals surface area contributed by atoms with Crippen LogP contribution < -0.4 is 9.88 Å². The van der Waals surface area contributed by atoms with E-state index in [0.29, 0.717) is 11.3 Å². The van der Waals surface area contributed by atoms with Gasteiger partial charge in [-0.3, -0.25) is 13.7 Å². The van der Waals surface area contributed by atoms with Gasteiger partial charge < -0.3 is 14.9 Å². The lowest BCUT2D eigenvalue weighted by atomic mass is 9.95. The molecule has 2 heterocycles. The molecule has 1 saturated carbocycles. The van der Waals surface area contributed by atoms with Crippen molar-refractivity contribution in [2.24, 2.45) is 17.0 Å². The Labute approximate surface area is 216 Å². The van der Waals surface area contributed by atoms with E-state index in [1.165, 1.54) is 35.4 Å². The highest BCUT2D eigenvalue weighted by molar-refractivity contribution is 7.84. The fraction of sp³-hybridized carbons (Fsp3) is 0.391. The summed E-state index contributed by atoms with van der Waals surface area (Å²) in [5, 5.41) is 29.9. The lowest BCUT2D eigenvalue weighted by Gasteiger charge is -2.17. The normalized spacial score (nSPS) is 21.6. The SMILES string of the molecule is NS(=O)(=O)OC[C@H]1C[C@@H](Cc2ncncc2C(=O)c2ccn(Cc3cccc(OC(F)F)c3)n2)[C@H](O)[C@@H]1O. The third-order valence-corrected chi connectivity index (χ3v) is 6.67. The van der Waals surface area contributed by atoms with Crippen LogP contribution in [0.1, 0.15) is 33.7 Å². The predicted octanol–water partition coefficient (Wildman–Crippen LogP) is 0.674. The summed E-state index contributed by atoms with van der Waals surface area (Å²) in [6.07, 6.45) is 2.00. The Morgan fingerprint density at radius 1 is 1.21 bits per heavy atom. The Morgan fingerprint density at radius 3 is 2.71 bits per heavy atom. The second kappa shape index (κ2) is 11.6. The second-order valence-corrected chi connectivity index (χ2v) is 10.1. The molecule has 4 atom stereocenters. The number of aliphatic hydroxyl groups is 2. The third kappa shape index (κ3) is 6.93. The molecule has 204 valence electrons. The van der Waals surface area contributed by atoms with Crippen LogP contribution in [-0.2, 0) is 27.5 Å². The number of nitrogens with two attached hydrogens (primary N) is 1. The van der Waals surface area contributed by atoms with Crippen LogP contribution in [0.4, 0.5) is 8.78 Å². The van der Waals surface area contributed by atoms with Crippen molar-refractivity contribution in [3.8, 4) is 5.75 Å². The molecule has 4 rings (SSSR count). The summed E-state index contributed by atoms with van der Waals surface area (Å²) >= 11 is 0. The Morgan fingerprint density at radius 2 is 1.97 bits per heavy atom. The zero-order chi connectivity index (χ0) is 27.4. The van der Waals surface area contributed by atoms with Gasteiger partial charge in [0.1, 0.15) is 17.8 Å². The number of aromatic nitrogens is 4. The van der Waals surface area contributed by atoms with E-state index in [9.17, 15) is 32.2 Å². The Hall–Kier alpha value is -3.37.